The quantitative estimate of drug-likeness (QED) is 0.732. The summed E-state index contributed by atoms with van der Waals surface area (Å²) in [4.78, 5) is 27.0. The van der Waals surface area contributed by atoms with E-state index >= 15 is 0 Å². The van der Waals surface area contributed by atoms with Gasteiger partial charge in [-0.1, -0.05) is 55.7 Å². The van der Waals surface area contributed by atoms with Crippen LogP contribution in [-0.2, 0) is 16.0 Å². The molecule has 4 nitrogen and oxygen atoms in total. The number of hydrogen-bond acceptors (Lipinski definition) is 4. The molecule has 3 fully saturated rings. The van der Waals surface area contributed by atoms with E-state index in [1.165, 1.54) is 21.6 Å². The molecule has 2 amide bonds. The van der Waals surface area contributed by atoms with E-state index < -0.39 is 9.74 Å². The van der Waals surface area contributed by atoms with Crippen molar-refractivity contribution in [1.29, 1.82) is 0 Å². The lowest BCUT2D eigenvalue weighted by molar-refractivity contribution is -0.162. The molecule has 3 aliphatic heterocycles. The molecule has 3 saturated heterocycles. The Bertz CT molecular complexity index is 641. The summed E-state index contributed by atoms with van der Waals surface area (Å²) in [6, 6.07) is 7.82. The highest BCUT2D eigenvalue weighted by Gasteiger charge is 2.65. The fraction of sp³-hybridized carbons (Fsp3) is 0.429. The lowest BCUT2D eigenvalue weighted by Gasteiger charge is -2.58. The van der Waals surface area contributed by atoms with Crippen LogP contribution in [0.15, 0.2) is 28.7 Å². The second kappa shape index (κ2) is 4.93. The van der Waals surface area contributed by atoms with Crippen molar-refractivity contribution in [2.45, 2.75) is 23.1 Å². The van der Waals surface area contributed by atoms with E-state index in [4.69, 9.17) is 0 Å². The number of hydrogen-bond donors (Lipinski definition) is 0. The third-order valence-corrected chi connectivity index (χ3v) is 8.80. The van der Waals surface area contributed by atoms with Gasteiger partial charge in [0, 0.05) is 25.0 Å². The minimum Gasteiger partial charge on any atom is -0.319 e. The molecule has 0 N–H and O–H groups in total. The summed E-state index contributed by atoms with van der Waals surface area (Å²) < 4.78 is 0.959. The summed E-state index contributed by atoms with van der Waals surface area (Å²) in [6.45, 7) is 1.81. The Hall–Kier alpha value is -0.660. The van der Waals surface area contributed by atoms with Gasteiger partial charge in [-0.25, -0.2) is 0 Å². The maximum absolute atomic E-state index is 12.9. The van der Waals surface area contributed by atoms with Crippen LogP contribution in [0.25, 0.3) is 0 Å². The minimum absolute atomic E-state index is 0.00777. The van der Waals surface area contributed by atoms with Crippen molar-refractivity contribution in [2.24, 2.45) is 0 Å². The van der Waals surface area contributed by atoms with Gasteiger partial charge in [0.1, 0.15) is 0 Å². The number of rotatable bonds is 2. The van der Waals surface area contributed by atoms with Crippen molar-refractivity contribution in [2.75, 3.05) is 14.1 Å². The maximum atomic E-state index is 12.9. The van der Waals surface area contributed by atoms with Crippen LogP contribution in [0.1, 0.15) is 12.5 Å². The van der Waals surface area contributed by atoms with E-state index in [2.05, 4.69) is 15.9 Å². The van der Waals surface area contributed by atoms with Gasteiger partial charge in [0.15, 0.2) is 9.74 Å². The maximum Gasteiger partial charge on any atom is 0.261 e. The van der Waals surface area contributed by atoms with E-state index in [1.807, 2.05) is 31.2 Å². The molecular weight excluding hydrogens is 372 g/mol. The molecule has 0 radical (unpaired) electrons. The average molecular weight is 387 g/mol. The molecule has 1 aromatic rings. The lowest BCUT2D eigenvalue weighted by Crippen LogP contribution is -2.75. The van der Waals surface area contributed by atoms with Crippen molar-refractivity contribution in [3.05, 3.63) is 34.3 Å². The first kappa shape index (κ1) is 15.2. The fourth-order valence-corrected chi connectivity index (χ4v) is 6.60. The van der Waals surface area contributed by atoms with Gasteiger partial charge in [-0.2, -0.15) is 0 Å². The van der Waals surface area contributed by atoms with Crippen molar-refractivity contribution in [1.82, 2.24) is 9.80 Å². The number of benzene rings is 1. The summed E-state index contributed by atoms with van der Waals surface area (Å²) >= 11 is 3.53. The normalized spacial score (nSPS) is 32.0. The largest absolute Gasteiger partial charge is 0.319 e. The Balaban J connectivity index is 2.05. The van der Waals surface area contributed by atoms with Crippen molar-refractivity contribution < 1.29 is 9.59 Å². The molecule has 2 atom stereocenters. The number of piperazine rings is 1. The van der Waals surface area contributed by atoms with E-state index in [0.29, 0.717) is 6.42 Å². The van der Waals surface area contributed by atoms with Crippen LogP contribution < -0.4 is 0 Å². The summed E-state index contributed by atoms with van der Waals surface area (Å²) in [7, 11) is 6.42. The molecule has 0 saturated carbocycles. The fourth-order valence-electron chi connectivity index (χ4n) is 2.67. The summed E-state index contributed by atoms with van der Waals surface area (Å²) in [5.41, 5.74) is 1.03. The molecule has 2 unspecified atom stereocenters. The molecule has 0 spiro atoms. The SMILES string of the molecule is CN1C(=O)C2(Cc3ccccc3Br)SSC1(C)C(=O)N2C. The zero-order valence-electron chi connectivity index (χ0n) is 11.9. The second-order valence-corrected chi connectivity index (χ2v) is 9.09. The monoisotopic (exact) mass is 386 g/mol. The molecule has 0 aliphatic carbocycles. The van der Waals surface area contributed by atoms with Gasteiger partial charge in [-0.05, 0) is 18.6 Å². The Labute approximate surface area is 140 Å². The number of carbonyl (C=O) groups is 2. The standard InChI is InChI=1S/C14H15BrN2O2S2/c1-13-11(18)17(3)14(21-20-13,12(19)16(13)2)8-9-6-4-5-7-10(9)15/h4-7H,8H2,1-3H3. The molecule has 0 aromatic heterocycles. The van der Waals surface area contributed by atoms with E-state index in [1.54, 1.807) is 23.9 Å². The molecule has 21 heavy (non-hydrogen) atoms. The Morgan fingerprint density at radius 3 is 2.43 bits per heavy atom. The molecule has 1 aromatic carbocycles. The average Bonchev–Trinajstić information content (AvgIpc) is 2.47. The van der Waals surface area contributed by atoms with E-state index in [0.717, 1.165) is 10.0 Å². The summed E-state index contributed by atoms with van der Waals surface area (Å²) in [5.74, 6) is -0.0213. The summed E-state index contributed by atoms with van der Waals surface area (Å²) in [6.07, 6.45) is 0.494. The first-order valence-electron chi connectivity index (χ1n) is 6.50. The van der Waals surface area contributed by atoms with Gasteiger partial charge in [-0.3, -0.25) is 9.59 Å². The van der Waals surface area contributed by atoms with Crippen LogP contribution in [0.2, 0.25) is 0 Å². The molecule has 3 heterocycles. The number of amides is 2. The van der Waals surface area contributed by atoms with Crippen LogP contribution >= 0.6 is 37.5 Å². The van der Waals surface area contributed by atoms with Gasteiger partial charge < -0.3 is 9.80 Å². The molecule has 112 valence electrons. The Morgan fingerprint density at radius 1 is 1.10 bits per heavy atom. The topological polar surface area (TPSA) is 40.6 Å². The van der Waals surface area contributed by atoms with Crippen LogP contribution in [-0.4, -0.2) is 45.5 Å². The first-order chi connectivity index (χ1) is 9.83. The van der Waals surface area contributed by atoms with Gasteiger partial charge in [0.25, 0.3) is 11.8 Å². The highest BCUT2D eigenvalue weighted by atomic mass is 79.9. The number of halogens is 1. The minimum atomic E-state index is -0.863. The predicted molar refractivity (Wildman–Crippen MR) is 89.7 cm³/mol. The molecule has 7 heteroatoms. The molecule has 4 rings (SSSR count). The highest BCUT2D eigenvalue weighted by molar-refractivity contribution is 9.10. The first-order valence-corrected chi connectivity index (χ1v) is 9.44. The van der Waals surface area contributed by atoms with Gasteiger partial charge in [0.05, 0.1) is 0 Å². The van der Waals surface area contributed by atoms with Gasteiger partial charge in [-0.15, -0.1) is 0 Å². The highest BCUT2D eigenvalue weighted by Crippen LogP contribution is 2.59. The lowest BCUT2D eigenvalue weighted by atomic mass is 9.98. The molecule has 2 bridgehead atoms. The number of fused-ring (bicyclic) bond motifs is 3. The Morgan fingerprint density at radius 2 is 1.76 bits per heavy atom. The number of likely N-dealkylation sites (N-methyl/N-ethyl adjacent to an activating group) is 2. The molecular formula is C14H15BrN2O2S2. The van der Waals surface area contributed by atoms with Crippen LogP contribution in [0.3, 0.4) is 0 Å². The third-order valence-electron chi connectivity index (χ3n) is 4.25. The number of nitrogens with zero attached hydrogens (tertiary/aromatic N) is 2. The third kappa shape index (κ3) is 1.97. The van der Waals surface area contributed by atoms with Crippen molar-refractivity contribution >= 4 is 49.3 Å². The van der Waals surface area contributed by atoms with Crippen LogP contribution in [0.4, 0.5) is 0 Å². The smallest absolute Gasteiger partial charge is 0.261 e. The van der Waals surface area contributed by atoms with E-state index in [9.17, 15) is 9.59 Å². The van der Waals surface area contributed by atoms with Crippen LogP contribution in [0, 0.1) is 0 Å². The predicted octanol–water partition coefficient (Wildman–Crippen LogP) is 2.73. The van der Waals surface area contributed by atoms with Crippen molar-refractivity contribution in [3.63, 3.8) is 0 Å². The zero-order chi connectivity index (χ0) is 15.4. The van der Waals surface area contributed by atoms with Crippen LogP contribution in [0.5, 0.6) is 0 Å². The van der Waals surface area contributed by atoms with Crippen molar-refractivity contribution in [3.8, 4) is 0 Å². The van der Waals surface area contributed by atoms with E-state index in [-0.39, 0.29) is 11.8 Å². The number of carbonyl (C=O) groups excluding carboxylic acids is 2. The van der Waals surface area contributed by atoms with Gasteiger partial charge in [0.2, 0.25) is 0 Å². The molecule has 3 aliphatic rings. The van der Waals surface area contributed by atoms with Gasteiger partial charge >= 0.3 is 0 Å². The Kier molecular flexibility index (Phi) is 3.58. The zero-order valence-corrected chi connectivity index (χ0v) is 15.1. The summed E-state index contributed by atoms with van der Waals surface area (Å²) in [5, 5.41) is 0. The second-order valence-electron chi connectivity index (χ2n) is 5.43.